The summed E-state index contributed by atoms with van der Waals surface area (Å²) in [5.74, 6) is 0. The van der Waals surface area contributed by atoms with Crippen LogP contribution in [0.3, 0.4) is 0 Å². The molecule has 0 radical (unpaired) electrons. The number of benzene rings is 5. The number of rotatable bonds is 3. The van der Waals surface area contributed by atoms with Crippen LogP contribution in [0, 0.1) is 0 Å². The molecule has 1 aliphatic heterocycles. The van der Waals surface area contributed by atoms with Gasteiger partial charge in [0, 0.05) is 32.6 Å². The van der Waals surface area contributed by atoms with Crippen LogP contribution < -0.4 is 5.46 Å². The predicted octanol–water partition coefficient (Wildman–Crippen LogP) is 9.12. The van der Waals surface area contributed by atoms with Crippen LogP contribution >= 0.6 is 0 Å². The second kappa shape index (κ2) is 8.59. The second-order valence-electron chi connectivity index (χ2n) is 12.0. The third-order valence-electron chi connectivity index (χ3n) is 8.94. The van der Waals surface area contributed by atoms with E-state index >= 15 is 0 Å². The summed E-state index contributed by atoms with van der Waals surface area (Å²) < 4.78 is 26.1. The Labute approximate surface area is 238 Å². The van der Waals surface area contributed by atoms with Crippen LogP contribution in [-0.4, -0.2) is 18.3 Å². The topological polar surface area (TPSA) is 44.7 Å². The summed E-state index contributed by atoms with van der Waals surface area (Å²) in [6, 6.07) is 35.7. The van der Waals surface area contributed by atoms with Gasteiger partial charge in [0.15, 0.2) is 0 Å². The molecule has 7 aromatic rings. The maximum Gasteiger partial charge on any atom is 0.498 e. The highest BCUT2D eigenvalue weighted by atomic mass is 16.7. The zero-order valence-corrected chi connectivity index (χ0v) is 23.5. The van der Waals surface area contributed by atoms with Gasteiger partial charge in [0.1, 0.15) is 22.3 Å². The molecule has 0 aliphatic carbocycles. The molecule has 0 unspecified atom stereocenters. The molecular formula is C36H29BO4. The first kappa shape index (κ1) is 24.5. The van der Waals surface area contributed by atoms with Gasteiger partial charge in [-0.05, 0) is 62.6 Å². The van der Waals surface area contributed by atoms with Crippen LogP contribution in [0.5, 0.6) is 0 Å². The quantitative estimate of drug-likeness (QED) is 0.211. The number of furan rings is 2. The molecule has 1 aliphatic rings. The minimum Gasteiger partial charge on any atom is -0.456 e. The van der Waals surface area contributed by atoms with Gasteiger partial charge in [-0.15, -0.1) is 0 Å². The van der Waals surface area contributed by atoms with Crippen LogP contribution in [-0.2, 0) is 9.31 Å². The normalized spacial score (nSPS) is 16.4. The van der Waals surface area contributed by atoms with Gasteiger partial charge in [0.25, 0.3) is 0 Å². The molecule has 0 saturated carbocycles. The Bertz CT molecular complexity index is 2100. The summed E-state index contributed by atoms with van der Waals surface area (Å²) in [6.45, 7) is 8.29. The molecular weight excluding hydrogens is 507 g/mol. The third-order valence-corrected chi connectivity index (χ3v) is 8.94. The summed E-state index contributed by atoms with van der Waals surface area (Å²) in [4.78, 5) is 0. The molecule has 0 spiro atoms. The van der Waals surface area contributed by atoms with Gasteiger partial charge in [-0.2, -0.15) is 0 Å². The van der Waals surface area contributed by atoms with Gasteiger partial charge in [0.2, 0.25) is 0 Å². The molecule has 3 heterocycles. The molecule has 41 heavy (non-hydrogen) atoms. The van der Waals surface area contributed by atoms with Crippen molar-refractivity contribution in [2.24, 2.45) is 0 Å². The Hall–Kier alpha value is -4.32. The van der Waals surface area contributed by atoms with Crippen LogP contribution in [0.1, 0.15) is 27.7 Å². The van der Waals surface area contributed by atoms with E-state index in [0.29, 0.717) is 0 Å². The Balaban J connectivity index is 1.41. The summed E-state index contributed by atoms with van der Waals surface area (Å²) in [5, 5.41) is 4.27. The molecule has 8 rings (SSSR count). The summed E-state index contributed by atoms with van der Waals surface area (Å²) >= 11 is 0. The Morgan fingerprint density at radius 3 is 1.95 bits per heavy atom. The zero-order valence-electron chi connectivity index (χ0n) is 23.5. The average Bonchev–Trinajstić information content (AvgIpc) is 3.61. The monoisotopic (exact) mass is 536 g/mol. The van der Waals surface area contributed by atoms with Crippen molar-refractivity contribution in [2.75, 3.05) is 0 Å². The van der Waals surface area contributed by atoms with E-state index in [1.165, 1.54) is 0 Å². The number of fused-ring (bicyclic) bond motifs is 6. The van der Waals surface area contributed by atoms with Crippen molar-refractivity contribution in [1.29, 1.82) is 0 Å². The third kappa shape index (κ3) is 3.63. The van der Waals surface area contributed by atoms with Gasteiger partial charge in [-0.1, -0.05) is 84.9 Å². The van der Waals surface area contributed by atoms with E-state index in [1.54, 1.807) is 0 Å². The van der Waals surface area contributed by atoms with E-state index < -0.39 is 18.3 Å². The average molecular weight is 536 g/mol. The zero-order chi connectivity index (χ0) is 27.9. The molecule has 5 aromatic carbocycles. The summed E-state index contributed by atoms with van der Waals surface area (Å²) in [5.41, 5.74) is 7.70. The van der Waals surface area contributed by atoms with E-state index in [2.05, 4.69) is 107 Å². The largest absolute Gasteiger partial charge is 0.498 e. The highest BCUT2D eigenvalue weighted by Gasteiger charge is 2.52. The Morgan fingerprint density at radius 2 is 1.17 bits per heavy atom. The number of para-hydroxylation sites is 3. The fourth-order valence-corrected chi connectivity index (χ4v) is 6.07. The fraction of sp³-hybridized carbons (Fsp3) is 0.167. The highest BCUT2D eigenvalue weighted by molar-refractivity contribution is 6.65. The fourth-order valence-electron chi connectivity index (χ4n) is 6.07. The SMILES string of the molecule is CC1(C)OB(c2cccc3c2oc2c(-c4cc(-c5ccccc5)cc5oc6ccccc6c45)cccc23)OC1(C)C. The van der Waals surface area contributed by atoms with Crippen LogP contribution in [0.4, 0.5) is 0 Å². The molecule has 0 amide bonds. The first-order chi connectivity index (χ1) is 19.8. The van der Waals surface area contributed by atoms with E-state index in [1.807, 2.05) is 24.3 Å². The van der Waals surface area contributed by atoms with E-state index in [-0.39, 0.29) is 0 Å². The molecule has 1 saturated heterocycles. The molecule has 5 heteroatoms. The van der Waals surface area contributed by atoms with Crippen LogP contribution in [0.2, 0.25) is 0 Å². The predicted molar refractivity (Wildman–Crippen MR) is 168 cm³/mol. The van der Waals surface area contributed by atoms with Gasteiger partial charge in [0.05, 0.1) is 11.2 Å². The van der Waals surface area contributed by atoms with E-state index in [9.17, 15) is 0 Å². The lowest BCUT2D eigenvalue weighted by Gasteiger charge is -2.32. The molecule has 0 bridgehead atoms. The van der Waals surface area contributed by atoms with Crippen molar-refractivity contribution in [3.05, 3.63) is 103 Å². The number of hydrogen-bond donors (Lipinski definition) is 0. The first-order valence-corrected chi connectivity index (χ1v) is 14.1. The van der Waals surface area contributed by atoms with Crippen LogP contribution in [0.25, 0.3) is 66.1 Å². The second-order valence-corrected chi connectivity index (χ2v) is 12.0. The lowest BCUT2D eigenvalue weighted by Crippen LogP contribution is -2.41. The van der Waals surface area contributed by atoms with Gasteiger partial charge < -0.3 is 18.1 Å². The number of hydrogen-bond acceptors (Lipinski definition) is 4. The van der Waals surface area contributed by atoms with E-state index in [4.69, 9.17) is 18.1 Å². The molecule has 0 atom stereocenters. The van der Waals surface area contributed by atoms with Crippen molar-refractivity contribution in [3.63, 3.8) is 0 Å². The van der Waals surface area contributed by atoms with Gasteiger partial charge >= 0.3 is 7.12 Å². The van der Waals surface area contributed by atoms with Crippen molar-refractivity contribution in [1.82, 2.24) is 0 Å². The van der Waals surface area contributed by atoms with E-state index in [0.717, 1.165) is 71.6 Å². The molecule has 1 fully saturated rings. The summed E-state index contributed by atoms with van der Waals surface area (Å²) in [6.07, 6.45) is 0. The van der Waals surface area contributed by atoms with Crippen molar-refractivity contribution in [2.45, 2.75) is 38.9 Å². The minimum atomic E-state index is -0.515. The molecule has 4 nitrogen and oxygen atoms in total. The van der Waals surface area contributed by atoms with Crippen molar-refractivity contribution >= 4 is 56.5 Å². The van der Waals surface area contributed by atoms with Crippen molar-refractivity contribution in [3.8, 4) is 22.3 Å². The molecule has 2 aromatic heterocycles. The lowest BCUT2D eigenvalue weighted by atomic mass is 9.78. The highest BCUT2D eigenvalue weighted by Crippen LogP contribution is 2.44. The van der Waals surface area contributed by atoms with Crippen molar-refractivity contribution < 1.29 is 18.1 Å². The minimum absolute atomic E-state index is 0.442. The summed E-state index contributed by atoms with van der Waals surface area (Å²) in [7, 11) is -0.515. The Morgan fingerprint density at radius 1 is 0.512 bits per heavy atom. The lowest BCUT2D eigenvalue weighted by molar-refractivity contribution is 0.00578. The smallest absolute Gasteiger partial charge is 0.456 e. The first-order valence-electron chi connectivity index (χ1n) is 14.1. The van der Waals surface area contributed by atoms with Crippen LogP contribution in [0.15, 0.2) is 112 Å². The van der Waals surface area contributed by atoms with Gasteiger partial charge in [-0.25, -0.2) is 0 Å². The Kier molecular flexibility index (Phi) is 5.13. The maximum atomic E-state index is 6.81. The molecule has 200 valence electrons. The maximum absolute atomic E-state index is 6.81. The van der Waals surface area contributed by atoms with Gasteiger partial charge in [-0.3, -0.25) is 0 Å². The standard InChI is InChI=1S/C36H29BO4/c1-35(2)36(3,4)41-37(40-35)29-18-11-17-25-24-15-10-16-26(33(24)39-34(25)29)28-20-23(22-12-6-5-7-13-22)21-31-32(28)27-14-8-9-19-30(27)38-31/h5-21H,1-4H3. The molecule has 0 N–H and O–H groups in total.